The van der Waals surface area contributed by atoms with E-state index in [1.54, 1.807) is 20.2 Å². The van der Waals surface area contributed by atoms with Crippen molar-refractivity contribution < 1.29 is 18.3 Å². The number of unbranched alkanes of at least 4 members (excludes halogenated alkanes) is 1. The summed E-state index contributed by atoms with van der Waals surface area (Å²) in [5.74, 6) is 4.64. The van der Waals surface area contributed by atoms with Crippen LogP contribution in [0.2, 0.25) is 0 Å². The summed E-state index contributed by atoms with van der Waals surface area (Å²) in [6.07, 6.45) is 11.0. The number of hydrogen-bond acceptors (Lipinski definition) is 5. The highest BCUT2D eigenvalue weighted by atomic mass is 19.3. The molecule has 4 saturated carbocycles. The minimum absolute atomic E-state index is 0.0370. The van der Waals surface area contributed by atoms with Crippen LogP contribution in [-0.4, -0.2) is 37.0 Å². The van der Waals surface area contributed by atoms with Crippen LogP contribution in [0.1, 0.15) is 84.5 Å². The van der Waals surface area contributed by atoms with Crippen LogP contribution in [0.4, 0.5) is 8.78 Å². The molecule has 0 aromatic carbocycles. The van der Waals surface area contributed by atoms with E-state index in [0.717, 1.165) is 38.0 Å². The molecule has 0 heterocycles. The predicted octanol–water partition coefficient (Wildman–Crippen LogP) is 5.50. The highest BCUT2D eigenvalue weighted by Gasteiger charge is 2.69. The number of hydrogen-bond donors (Lipinski definition) is 2. The highest BCUT2D eigenvalue weighted by Crippen LogP contribution is 2.69. The number of halogens is 2. The lowest BCUT2D eigenvalue weighted by molar-refractivity contribution is -0.226. The summed E-state index contributed by atoms with van der Waals surface area (Å²) < 4.78 is 37.2. The maximum atomic E-state index is 16.1. The summed E-state index contributed by atoms with van der Waals surface area (Å²) in [6, 6.07) is 0. The average molecular weight is 496 g/mol. The van der Waals surface area contributed by atoms with E-state index in [1.807, 2.05) is 0 Å². The number of nitrogens with zero attached hydrogens (tertiary/aromatic N) is 1. The number of allylic oxidation sites excluding steroid dienone is 1. The molecule has 4 aliphatic rings. The number of rotatable bonds is 9. The number of methoxy groups -OCH3 is 1. The molecule has 8 atom stereocenters. The van der Waals surface area contributed by atoms with E-state index in [-0.39, 0.29) is 30.6 Å². The molecule has 4 fully saturated rings. The molecule has 4 rings (SSSR count). The van der Waals surface area contributed by atoms with Crippen LogP contribution in [-0.2, 0) is 9.53 Å². The van der Waals surface area contributed by atoms with Crippen molar-refractivity contribution >= 4 is 5.78 Å². The van der Waals surface area contributed by atoms with Crippen molar-refractivity contribution in [3.05, 3.63) is 11.9 Å². The fourth-order valence-corrected chi connectivity index (χ4v) is 8.75. The van der Waals surface area contributed by atoms with Crippen LogP contribution in [0.5, 0.6) is 0 Å². The minimum atomic E-state index is -2.82. The first-order valence-electron chi connectivity index (χ1n) is 14.0. The van der Waals surface area contributed by atoms with Gasteiger partial charge in [0.1, 0.15) is 0 Å². The van der Waals surface area contributed by atoms with E-state index in [1.165, 1.54) is 24.3 Å². The SMILES string of the molecule is COCCCC/C(N)=C/N(N)CC(=O)C1CCC2C3CCC4CC(C)CCC4C3CC(F)(F)C12C. The first-order valence-corrected chi connectivity index (χ1v) is 14.0. The molecule has 4 N–H and O–H groups in total. The second-order valence-electron chi connectivity index (χ2n) is 12.5. The molecule has 8 unspecified atom stereocenters. The zero-order chi connectivity index (χ0) is 25.4. The second-order valence-corrected chi connectivity index (χ2v) is 12.5. The fraction of sp³-hybridized carbons (Fsp3) is 0.893. The number of hydrazine groups is 1. The average Bonchev–Trinajstić information content (AvgIpc) is 3.15. The Morgan fingerprint density at radius 2 is 1.83 bits per heavy atom. The Balaban J connectivity index is 1.43. The highest BCUT2D eigenvalue weighted by molar-refractivity contribution is 5.84. The standard InChI is InChI=1S/C28H47F2N3O2/c1-18-7-9-21-19(14-18)8-10-22-23(21)15-28(29,30)27(2)24(22)11-12-25(27)26(34)17-33(32)16-20(31)6-4-5-13-35-3/h16,18-19,21-25H,4-15,17,31-32H2,1-3H3/b20-16-. The summed E-state index contributed by atoms with van der Waals surface area (Å²) in [5.41, 5.74) is 5.39. The molecule has 0 amide bonds. The fourth-order valence-electron chi connectivity index (χ4n) is 8.75. The topological polar surface area (TPSA) is 81.6 Å². The second kappa shape index (κ2) is 10.6. The van der Waals surface area contributed by atoms with E-state index in [2.05, 4.69) is 6.92 Å². The maximum absolute atomic E-state index is 16.1. The van der Waals surface area contributed by atoms with Crippen LogP contribution in [0.3, 0.4) is 0 Å². The third-order valence-electron chi connectivity index (χ3n) is 10.5. The quantitative estimate of drug-likeness (QED) is 0.251. The Labute approximate surface area is 210 Å². The number of alkyl halides is 2. The zero-order valence-electron chi connectivity index (χ0n) is 22.0. The Bertz CT molecular complexity index is 790. The summed E-state index contributed by atoms with van der Waals surface area (Å²) in [7, 11) is 1.66. The van der Waals surface area contributed by atoms with Crippen molar-refractivity contribution in [1.29, 1.82) is 0 Å². The van der Waals surface area contributed by atoms with Gasteiger partial charge in [0.2, 0.25) is 0 Å². The van der Waals surface area contributed by atoms with Gasteiger partial charge in [0.25, 0.3) is 5.92 Å². The molecule has 200 valence electrons. The molecule has 0 spiro atoms. The van der Waals surface area contributed by atoms with Crippen molar-refractivity contribution in [2.75, 3.05) is 20.3 Å². The lowest BCUT2D eigenvalue weighted by Gasteiger charge is -2.58. The monoisotopic (exact) mass is 495 g/mol. The maximum Gasteiger partial charge on any atom is 0.254 e. The van der Waals surface area contributed by atoms with E-state index in [4.69, 9.17) is 16.3 Å². The van der Waals surface area contributed by atoms with Gasteiger partial charge in [0.05, 0.1) is 6.54 Å². The van der Waals surface area contributed by atoms with Crippen LogP contribution in [0.15, 0.2) is 11.9 Å². The molecule has 35 heavy (non-hydrogen) atoms. The van der Waals surface area contributed by atoms with Crippen molar-refractivity contribution in [3.63, 3.8) is 0 Å². The molecule has 7 heteroatoms. The molecule has 0 aromatic heterocycles. The van der Waals surface area contributed by atoms with Crippen molar-refractivity contribution in [3.8, 4) is 0 Å². The molecule has 0 aromatic rings. The van der Waals surface area contributed by atoms with Crippen LogP contribution in [0, 0.1) is 46.8 Å². The molecular weight excluding hydrogens is 448 g/mol. The van der Waals surface area contributed by atoms with Gasteiger partial charge >= 0.3 is 0 Å². The molecule has 0 saturated heterocycles. The molecule has 5 nitrogen and oxygen atoms in total. The van der Waals surface area contributed by atoms with Gasteiger partial charge in [-0.25, -0.2) is 14.6 Å². The van der Waals surface area contributed by atoms with Gasteiger partial charge < -0.3 is 15.5 Å². The van der Waals surface area contributed by atoms with Crippen LogP contribution >= 0.6 is 0 Å². The number of carbonyl (C=O) groups excluding carboxylic acids is 1. The van der Waals surface area contributed by atoms with E-state index in [9.17, 15) is 4.79 Å². The lowest BCUT2D eigenvalue weighted by atomic mass is 9.48. The summed E-state index contributed by atoms with van der Waals surface area (Å²) in [6.45, 7) is 4.64. The third-order valence-corrected chi connectivity index (χ3v) is 10.5. The van der Waals surface area contributed by atoms with Crippen molar-refractivity contribution in [2.24, 2.45) is 58.4 Å². The van der Waals surface area contributed by atoms with E-state index < -0.39 is 17.3 Å². The first kappa shape index (κ1) is 26.8. The molecule has 4 aliphatic carbocycles. The van der Waals surface area contributed by atoms with E-state index in [0.29, 0.717) is 42.9 Å². The Kier molecular flexibility index (Phi) is 8.16. The summed E-state index contributed by atoms with van der Waals surface area (Å²) in [4.78, 5) is 13.4. The lowest BCUT2D eigenvalue weighted by Crippen LogP contribution is -2.59. The number of ketones is 1. The van der Waals surface area contributed by atoms with Gasteiger partial charge in [-0.15, -0.1) is 0 Å². The Hall–Kier alpha value is -1.21. The van der Waals surface area contributed by atoms with Gasteiger partial charge in [-0.2, -0.15) is 0 Å². The number of fused-ring (bicyclic) bond motifs is 5. The number of Topliss-reactive ketones (excluding diaryl/α,β-unsaturated/α-hetero) is 1. The zero-order valence-corrected chi connectivity index (χ0v) is 22.0. The van der Waals surface area contributed by atoms with Gasteiger partial charge in [-0.3, -0.25) is 4.79 Å². The van der Waals surface area contributed by atoms with Gasteiger partial charge in [0, 0.05) is 43.4 Å². The summed E-state index contributed by atoms with van der Waals surface area (Å²) >= 11 is 0. The molecule has 0 aliphatic heterocycles. The summed E-state index contributed by atoms with van der Waals surface area (Å²) in [5, 5.41) is 1.29. The van der Waals surface area contributed by atoms with Gasteiger partial charge in [0.15, 0.2) is 5.78 Å². The Morgan fingerprint density at radius 1 is 1.09 bits per heavy atom. The molecule has 0 bridgehead atoms. The number of ether oxygens (including phenoxy) is 1. The normalized spacial score (nSPS) is 40.5. The molecule has 0 radical (unpaired) electrons. The largest absolute Gasteiger partial charge is 0.401 e. The third kappa shape index (κ3) is 5.14. The van der Waals surface area contributed by atoms with Crippen LogP contribution in [0.25, 0.3) is 0 Å². The predicted molar refractivity (Wildman–Crippen MR) is 134 cm³/mol. The minimum Gasteiger partial charge on any atom is -0.401 e. The first-order chi connectivity index (χ1) is 16.6. The van der Waals surface area contributed by atoms with Gasteiger partial charge in [-0.1, -0.05) is 20.3 Å². The van der Waals surface area contributed by atoms with Gasteiger partial charge in [-0.05, 0) is 93.3 Å². The smallest absolute Gasteiger partial charge is 0.254 e. The molecular formula is C28H47F2N3O2. The number of nitrogens with two attached hydrogens (primary N) is 2. The van der Waals surface area contributed by atoms with Crippen LogP contribution < -0.4 is 11.6 Å². The van der Waals surface area contributed by atoms with Crippen molar-refractivity contribution in [1.82, 2.24) is 5.01 Å². The van der Waals surface area contributed by atoms with E-state index >= 15 is 8.78 Å². The Morgan fingerprint density at radius 3 is 2.57 bits per heavy atom. The van der Waals surface area contributed by atoms with Crippen molar-refractivity contribution in [2.45, 2.75) is 90.4 Å². The number of carbonyl (C=O) groups is 1.